The van der Waals surface area contributed by atoms with E-state index in [1.165, 1.54) is 19.0 Å². The minimum Gasteiger partial charge on any atom is -0.365 e. The number of anilines is 3. The molecule has 1 aliphatic carbocycles. The molecule has 4 N–H and O–H groups in total. The van der Waals surface area contributed by atoms with E-state index in [1.807, 2.05) is 12.1 Å². The summed E-state index contributed by atoms with van der Waals surface area (Å²) in [5.41, 5.74) is 7.66. The number of hydrogen-bond acceptors (Lipinski definition) is 7. The molecule has 2 fully saturated rings. The third kappa shape index (κ3) is 4.64. The summed E-state index contributed by atoms with van der Waals surface area (Å²) in [4.78, 5) is 27.3. The van der Waals surface area contributed by atoms with Crippen molar-refractivity contribution in [3.8, 4) is 0 Å². The van der Waals surface area contributed by atoms with Crippen LogP contribution >= 0.6 is 12.4 Å². The summed E-state index contributed by atoms with van der Waals surface area (Å²) < 4.78 is 0. The van der Waals surface area contributed by atoms with Gasteiger partial charge in [0.05, 0.1) is 11.9 Å². The zero-order valence-corrected chi connectivity index (χ0v) is 15.8. The highest BCUT2D eigenvalue weighted by atomic mass is 35.5. The van der Waals surface area contributed by atoms with E-state index in [2.05, 4.69) is 30.5 Å². The van der Waals surface area contributed by atoms with Gasteiger partial charge >= 0.3 is 0 Å². The van der Waals surface area contributed by atoms with E-state index >= 15 is 0 Å². The van der Waals surface area contributed by atoms with Crippen molar-refractivity contribution < 1.29 is 4.79 Å². The quantitative estimate of drug-likeness (QED) is 0.715. The van der Waals surface area contributed by atoms with Crippen LogP contribution in [0.5, 0.6) is 0 Å². The van der Waals surface area contributed by atoms with Crippen molar-refractivity contribution in [1.82, 2.24) is 20.3 Å². The molecule has 1 aliphatic heterocycles. The summed E-state index contributed by atoms with van der Waals surface area (Å²) in [7, 11) is 0. The third-order valence-electron chi connectivity index (χ3n) is 4.71. The van der Waals surface area contributed by atoms with Crippen LogP contribution in [0.1, 0.15) is 41.2 Å². The summed E-state index contributed by atoms with van der Waals surface area (Å²) in [5.74, 6) is 1.07. The Kier molecular flexibility index (Phi) is 6.08. The van der Waals surface area contributed by atoms with Crippen LogP contribution in [-0.2, 0) is 0 Å². The zero-order valence-electron chi connectivity index (χ0n) is 15.0. The number of pyridine rings is 1. The van der Waals surface area contributed by atoms with Crippen LogP contribution in [0.25, 0.3) is 0 Å². The second-order valence-electron chi connectivity index (χ2n) is 6.76. The van der Waals surface area contributed by atoms with E-state index in [-0.39, 0.29) is 18.0 Å². The van der Waals surface area contributed by atoms with Crippen molar-refractivity contribution in [2.75, 3.05) is 36.4 Å². The molecule has 0 atom stereocenters. The number of nitrogens with two attached hydrogens (primary N) is 1. The van der Waals surface area contributed by atoms with Gasteiger partial charge in [-0.3, -0.25) is 9.78 Å². The fourth-order valence-corrected chi connectivity index (χ4v) is 3.08. The first-order chi connectivity index (χ1) is 12.7. The van der Waals surface area contributed by atoms with Gasteiger partial charge in [0, 0.05) is 37.4 Å². The molecule has 144 valence electrons. The summed E-state index contributed by atoms with van der Waals surface area (Å²) >= 11 is 0. The van der Waals surface area contributed by atoms with Gasteiger partial charge in [0.15, 0.2) is 0 Å². The Hall–Kier alpha value is -2.45. The molecule has 27 heavy (non-hydrogen) atoms. The highest BCUT2D eigenvalue weighted by Gasteiger charge is 2.24. The van der Waals surface area contributed by atoms with Crippen molar-refractivity contribution in [1.29, 1.82) is 0 Å². The first-order valence-corrected chi connectivity index (χ1v) is 9.06. The Morgan fingerprint density at radius 1 is 1.19 bits per heavy atom. The predicted octanol–water partition coefficient (Wildman–Crippen LogP) is 1.81. The normalized spacial score (nSPS) is 17.0. The number of carbonyl (C=O) groups excluding carboxylic acids is 1. The number of aromatic nitrogens is 3. The van der Waals surface area contributed by atoms with E-state index in [1.54, 1.807) is 6.20 Å². The summed E-state index contributed by atoms with van der Waals surface area (Å²) in [6.45, 7) is 3.57. The van der Waals surface area contributed by atoms with Crippen LogP contribution in [-0.4, -0.2) is 47.0 Å². The van der Waals surface area contributed by atoms with E-state index in [0.717, 1.165) is 44.0 Å². The van der Waals surface area contributed by atoms with Gasteiger partial charge in [-0.25, -0.2) is 4.98 Å². The number of amides is 1. The van der Waals surface area contributed by atoms with E-state index in [0.29, 0.717) is 17.7 Å². The molecule has 1 saturated carbocycles. The van der Waals surface area contributed by atoms with Gasteiger partial charge in [-0.15, -0.1) is 12.4 Å². The molecule has 1 saturated heterocycles. The monoisotopic (exact) mass is 389 g/mol. The first-order valence-electron chi connectivity index (χ1n) is 9.06. The smallest absolute Gasteiger partial charge is 0.254 e. The van der Waals surface area contributed by atoms with Gasteiger partial charge < -0.3 is 21.3 Å². The Balaban J connectivity index is 0.00000210. The van der Waals surface area contributed by atoms with Gasteiger partial charge in [-0.2, -0.15) is 4.98 Å². The van der Waals surface area contributed by atoms with Gasteiger partial charge in [-0.05, 0) is 37.9 Å². The van der Waals surface area contributed by atoms with Crippen molar-refractivity contribution in [2.45, 2.75) is 25.2 Å². The fraction of sp³-hybridized carbons (Fsp3) is 0.444. The van der Waals surface area contributed by atoms with Crippen LogP contribution in [0.4, 0.5) is 17.5 Å². The van der Waals surface area contributed by atoms with Crippen LogP contribution in [0.3, 0.4) is 0 Å². The number of carbonyl (C=O) groups is 1. The molecule has 1 amide bonds. The number of halogens is 1. The number of nitrogens with zero attached hydrogens (tertiary/aromatic N) is 4. The standard InChI is InChI=1S/C18H23N7O.ClH/c19-16(26)14-11-22-18(25-8-1-6-20-7-9-25)24-17(14)23-13-4-5-15(21-10-13)12-2-3-12;/h4-5,10-12,20H,1-3,6-9H2,(H2,19,26)(H,22,23,24);1H. The maximum absolute atomic E-state index is 11.8. The minimum absolute atomic E-state index is 0. The molecule has 2 aromatic rings. The molecular weight excluding hydrogens is 366 g/mol. The number of nitrogens with one attached hydrogen (secondary N) is 2. The van der Waals surface area contributed by atoms with Gasteiger partial charge in [0.25, 0.3) is 5.91 Å². The average Bonchev–Trinajstić information content (AvgIpc) is 3.49. The lowest BCUT2D eigenvalue weighted by molar-refractivity contribution is 0.100. The third-order valence-corrected chi connectivity index (χ3v) is 4.71. The Morgan fingerprint density at radius 3 is 2.74 bits per heavy atom. The van der Waals surface area contributed by atoms with E-state index in [9.17, 15) is 4.79 Å². The number of rotatable bonds is 5. The van der Waals surface area contributed by atoms with E-state index < -0.39 is 5.91 Å². The molecule has 8 nitrogen and oxygen atoms in total. The number of primary amides is 1. The Bertz CT molecular complexity index is 787. The Morgan fingerprint density at radius 2 is 2.04 bits per heavy atom. The molecule has 0 bridgehead atoms. The van der Waals surface area contributed by atoms with Crippen molar-refractivity contribution in [3.63, 3.8) is 0 Å². The molecule has 2 aromatic heterocycles. The van der Waals surface area contributed by atoms with Crippen LogP contribution < -0.4 is 21.3 Å². The summed E-state index contributed by atoms with van der Waals surface area (Å²) in [6.07, 6.45) is 6.72. The molecule has 2 aliphatic rings. The minimum atomic E-state index is -0.556. The molecule has 0 unspecified atom stereocenters. The highest BCUT2D eigenvalue weighted by molar-refractivity contribution is 5.98. The van der Waals surface area contributed by atoms with E-state index in [4.69, 9.17) is 5.73 Å². The second-order valence-corrected chi connectivity index (χ2v) is 6.76. The maximum Gasteiger partial charge on any atom is 0.254 e. The lowest BCUT2D eigenvalue weighted by Gasteiger charge is -2.21. The van der Waals surface area contributed by atoms with Crippen molar-refractivity contribution >= 4 is 35.8 Å². The molecule has 0 radical (unpaired) electrons. The summed E-state index contributed by atoms with van der Waals surface area (Å²) in [5, 5.41) is 6.53. The lowest BCUT2D eigenvalue weighted by atomic mass is 10.2. The molecule has 0 spiro atoms. The molecular formula is C18H24ClN7O. The summed E-state index contributed by atoms with van der Waals surface area (Å²) in [6, 6.07) is 3.98. The molecule has 0 aromatic carbocycles. The predicted molar refractivity (Wildman–Crippen MR) is 107 cm³/mol. The van der Waals surface area contributed by atoms with Crippen molar-refractivity contribution in [2.24, 2.45) is 5.73 Å². The average molecular weight is 390 g/mol. The SMILES string of the molecule is Cl.NC(=O)c1cnc(N2CCCNCC2)nc1Nc1ccc(C2CC2)nc1. The topological polar surface area (TPSA) is 109 Å². The zero-order chi connectivity index (χ0) is 17.9. The molecule has 9 heteroatoms. The highest BCUT2D eigenvalue weighted by Crippen LogP contribution is 2.39. The van der Waals surface area contributed by atoms with Gasteiger partial charge in [-0.1, -0.05) is 0 Å². The van der Waals surface area contributed by atoms with Crippen LogP contribution in [0, 0.1) is 0 Å². The molecule has 4 rings (SSSR count). The first kappa shape index (κ1) is 19.3. The van der Waals surface area contributed by atoms with Crippen LogP contribution in [0.2, 0.25) is 0 Å². The Labute approximate surface area is 164 Å². The number of hydrogen-bond donors (Lipinski definition) is 3. The second kappa shape index (κ2) is 8.49. The van der Waals surface area contributed by atoms with Gasteiger partial charge in [0.2, 0.25) is 5.95 Å². The fourth-order valence-electron chi connectivity index (χ4n) is 3.08. The lowest BCUT2D eigenvalue weighted by Crippen LogP contribution is -2.30. The largest absolute Gasteiger partial charge is 0.365 e. The van der Waals surface area contributed by atoms with Gasteiger partial charge in [0.1, 0.15) is 11.4 Å². The van der Waals surface area contributed by atoms with Crippen LogP contribution in [0.15, 0.2) is 24.5 Å². The van der Waals surface area contributed by atoms with Crippen molar-refractivity contribution in [3.05, 3.63) is 35.8 Å². The maximum atomic E-state index is 11.8. The molecule has 3 heterocycles.